The van der Waals surface area contributed by atoms with E-state index in [2.05, 4.69) is 14.7 Å². The summed E-state index contributed by atoms with van der Waals surface area (Å²) in [6.07, 6.45) is 2.47. The zero-order chi connectivity index (χ0) is 13.8. The lowest BCUT2D eigenvalue weighted by Gasteiger charge is -2.17. The second kappa shape index (κ2) is 5.64. The Morgan fingerprint density at radius 2 is 2.37 bits per heavy atom. The van der Waals surface area contributed by atoms with Crippen molar-refractivity contribution in [2.45, 2.75) is 12.8 Å². The first-order chi connectivity index (χ1) is 9.10. The normalized spacial score (nSPS) is 18.4. The van der Waals surface area contributed by atoms with Crippen LogP contribution in [0.2, 0.25) is 0 Å². The standard InChI is InChI=1S/C12H15N3O4/c1-19-12(18)11-13-4-2-9(14-11)15-5-3-8(7-15)6-10(16)17/h2,4,8H,3,5-7H2,1H3,(H,16,17). The number of ether oxygens (including phenoxy) is 1. The van der Waals surface area contributed by atoms with Crippen LogP contribution >= 0.6 is 0 Å². The molecule has 0 aliphatic carbocycles. The van der Waals surface area contributed by atoms with Gasteiger partial charge >= 0.3 is 11.9 Å². The second-order valence-corrected chi connectivity index (χ2v) is 4.43. The van der Waals surface area contributed by atoms with Gasteiger partial charge in [-0.2, -0.15) is 0 Å². The van der Waals surface area contributed by atoms with Crippen molar-refractivity contribution in [1.29, 1.82) is 0 Å². The average Bonchev–Trinajstić information content (AvgIpc) is 2.85. The molecule has 1 atom stereocenters. The summed E-state index contributed by atoms with van der Waals surface area (Å²) in [5.41, 5.74) is 0. The van der Waals surface area contributed by atoms with Crippen LogP contribution in [-0.4, -0.2) is 47.2 Å². The number of carbonyl (C=O) groups is 2. The first-order valence-electron chi connectivity index (χ1n) is 5.98. The average molecular weight is 265 g/mol. The molecule has 1 saturated heterocycles. The Morgan fingerprint density at radius 3 is 3.05 bits per heavy atom. The van der Waals surface area contributed by atoms with E-state index in [0.29, 0.717) is 12.4 Å². The second-order valence-electron chi connectivity index (χ2n) is 4.43. The minimum Gasteiger partial charge on any atom is -0.481 e. The third-order valence-electron chi connectivity index (χ3n) is 3.08. The van der Waals surface area contributed by atoms with Gasteiger partial charge in [0.2, 0.25) is 5.82 Å². The number of methoxy groups -OCH3 is 1. The van der Waals surface area contributed by atoms with Crippen molar-refractivity contribution in [3.63, 3.8) is 0 Å². The van der Waals surface area contributed by atoms with Gasteiger partial charge in [0.25, 0.3) is 0 Å². The van der Waals surface area contributed by atoms with Gasteiger partial charge in [0, 0.05) is 25.7 Å². The molecule has 0 saturated carbocycles. The molecule has 1 aliphatic heterocycles. The van der Waals surface area contributed by atoms with Gasteiger partial charge in [-0.1, -0.05) is 0 Å². The third-order valence-corrected chi connectivity index (χ3v) is 3.08. The first kappa shape index (κ1) is 13.3. The predicted octanol–water partition coefficient (Wildman–Crippen LogP) is 0.564. The fourth-order valence-corrected chi connectivity index (χ4v) is 2.17. The molecule has 0 aromatic carbocycles. The molecule has 0 bridgehead atoms. The maximum absolute atomic E-state index is 11.3. The molecule has 7 nitrogen and oxygen atoms in total. The van der Waals surface area contributed by atoms with E-state index in [4.69, 9.17) is 5.11 Å². The Hall–Kier alpha value is -2.18. The lowest BCUT2D eigenvalue weighted by molar-refractivity contribution is -0.137. The largest absolute Gasteiger partial charge is 0.481 e. The molecule has 0 spiro atoms. The quantitative estimate of drug-likeness (QED) is 0.795. The van der Waals surface area contributed by atoms with Crippen molar-refractivity contribution in [2.24, 2.45) is 5.92 Å². The Kier molecular flexibility index (Phi) is 3.94. The summed E-state index contributed by atoms with van der Waals surface area (Å²) in [4.78, 5) is 32.0. The van der Waals surface area contributed by atoms with Crippen LogP contribution in [0.25, 0.3) is 0 Å². The van der Waals surface area contributed by atoms with Gasteiger partial charge in [-0.3, -0.25) is 4.79 Å². The van der Waals surface area contributed by atoms with E-state index in [1.165, 1.54) is 13.3 Å². The topological polar surface area (TPSA) is 92.6 Å². The van der Waals surface area contributed by atoms with E-state index >= 15 is 0 Å². The third kappa shape index (κ3) is 3.18. The van der Waals surface area contributed by atoms with Gasteiger partial charge in [0.15, 0.2) is 0 Å². The number of hydrogen-bond donors (Lipinski definition) is 1. The summed E-state index contributed by atoms with van der Waals surface area (Å²) in [5, 5.41) is 8.77. The highest BCUT2D eigenvalue weighted by atomic mass is 16.5. The van der Waals surface area contributed by atoms with Crippen molar-refractivity contribution in [3.8, 4) is 0 Å². The Labute approximate surface area is 110 Å². The smallest absolute Gasteiger partial charge is 0.376 e. The molecular weight excluding hydrogens is 250 g/mol. The molecule has 102 valence electrons. The van der Waals surface area contributed by atoms with Gasteiger partial charge in [-0.05, 0) is 18.4 Å². The number of esters is 1. The van der Waals surface area contributed by atoms with Crippen molar-refractivity contribution >= 4 is 17.8 Å². The zero-order valence-corrected chi connectivity index (χ0v) is 10.6. The number of carboxylic acid groups (broad SMARTS) is 1. The molecule has 0 amide bonds. The highest BCUT2D eigenvalue weighted by Crippen LogP contribution is 2.24. The molecule has 7 heteroatoms. The molecule has 2 rings (SSSR count). The van der Waals surface area contributed by atoms with Gasteiger partial charge in [0.05, 0.1) is 7.11 Å². The van der Waals surface area contributed by atoms with Crippen molar-refractivity contribution in [1.82, 2.24) is 9.97 Å². The number of anilines is 1. The predicted molar refractivity (Wildman–Crippen MR) is 65.9 cm³/mol. The van der Waals surface area contributed by atoms with Gasteiger partial charge in [-0.15, -0.1) is 0 Å². The minimum atomic E-state index is -0.787. The number of aliphatic carboxylic acids is 1. The van der Waals surface area contributed by atoms with Crippen molar-refractivity contribution < 1.29 is 19.4 Å². The monoisotopic (exact) mass is 265 g/mol. The van der Waals surface area contributed by atoms with Gasteiger partial charge < -0.3 is 14.7 Å². The Bertz CT molecular complexity index is 492. The maximum atomic E-state index is 11.3. The van der Waals surface area contributed by atoms with E-state index in [0.717, 1.165) is 13.0 Å². The van der Waals surface area contributed by atoms with Crippen LogP contribution in [-0.2, 0) is 9.53 Å². The van der Waals surface area contributed by atoms with Gasteiger partial charge in [0.1, 0.15) is 5.82 Å². The molecule has 1 aromatic heterocycles. The molecule has 19 heavy (non-hydrogen) atoms. The number of carbonyl (C=O) groups excluding carboxylic acids is 1. The first-order valence-corrected chi connectivity index (χ1v) is 5.98. The number of hydrogen-bond acceptors (Lipinski definition) is 6. The Balaban J connectivity index is 2.07. The van der Waals surface area contributed by atoms with Crippen LogP contribution in [0.3, 0.4) is 0 Å². The van der Waals surface area contributed by atoms with Gasteiger partial charge in [-0.25, -0.2) is 14.8 Å². The van der Waals surface area contributed by atoms with E-state index in [9.17, 15) is 9.59 Å². The van der Waals surface area contributed by atoms with E-state index in [-0.39, 0.29) is 18.2 Å². The van der Waals surface area contributed by atoms with E-state index in [1.807, 2.05) is 4.90 Å². The molecule has 1 aliphatic rings. The highest BCUT2D eigenvalue weighted by Gasteiger charge is 2.26. The molecule has 0 radical (unpaired) electrons. The van der Waals surface area contributed by atoms with Crippen LogP contribution in [0.5, 0.6) is 0 Å². The Morgan fingerprint density at radius 1 is 1.58 bits per heavy atom. The highest BCUT2D eigenvalue weighted by molar-refractivity contribution is 5.85. The summed E-state index contributed by atoms with van der Waals surface area (Å²) < 4.78 is 4.57. The summed E-state index contributed by atoms with van der Waals surface area (Å²) in [6.45, 7) is 1.36. The summed E-state index contributed by atoms with van der Waals surface area (Å²) >= 11 is 0. The molecule has 2 heterocycles. The van der Waals surface area contributed by atoms with Crippen molar-refractivity contribution in [2.75, 3.05) is 25.1 Å². The molecule has 1 unspecified atom stereocenters. The van der Waals surface area contributed by atoms with Crippen molar-refractivity contribution in [3.05, 3.63) is 18.1 Å². The summed E-state index contributed by atoms with van der Waals surface area (Å²) in [5.74, 6) is -0.605. The van der Waals surface area contributed by atoms with E-state index in [1.54, 1.807) is 6.07 Å². The van der Waals surface area contributed by atoms with Crippen LogP contribution in [0.15, 0.2) is 12.3 Å². The maximum Gasteiger partial charge on any atom is 0.376 e. The summed E-state index contributed by atoms with van der Waals surface area (Å²) in [6, 6.07) is 1.70. The van der Waals surface area contributed by atoms with Crippen LogP contribution < -0.4 is 4.90 Å². The SMILES string of the molecule is COC(=O)c1nccc(N2CCC(CC(=O)O)C2)n1. The van der Waals surface area contributed by atoms with Crippen LogP contribution in [0.1, 0.15) is 23.5 Å². The fraction of sp³-hybridized carbons (Fsp3) is 0.500. The summed E-state index contributed by atoms with van der Waals surface area (Å²) in [7, 11) is 1.27. The molecule has 1 N–H and O–H groups in total. The number of aromatic nitrogens is 2. The van der Waals surface area contributed by atoms with Crippen LogP contribution in [0, 0.1) is 5.92 Å². The molecule has 1 fully saturated rings. The van der Waals surface area contributed by atoms with E-state index < -0.39 is 11.9 Å². The number of rotatable bonds is 4. The number of nitrogens with zero attached hydrogens (tertiary/aromatic N) is 3. The fourth-order valence-electron chi connectivity index (χ4n) is 2.17. The van der Waals surface area contributed by atoms with Crippen LogP contribution in [0.4, 0.5) is 5.82 Å². The lowest BCUT2D eigenvalue weighted by atomic mass is 10.1. The number of carboxylic acids is 1. The molecular formula is C12H15N3O4. The minimum absolute atomic E-state index is 0.0154. The zero-order valence-electron chi connectivity index (χ0n) is 10.6. The lowest BCUT2D eigenvalue weighted by Crippen LogP contribution is -2.22. The molecule has 1 aromatic rings.